The minimum absolute atomic E-state index is 0.0959. The van der Waals surface area contributed by atoms with Gasteiger partial charge in [-0.3, -0.25) is 14.4 Å². The van der Waals surface area contributed by atoms with Crippen LogP contribution in [0.4, 0.5) is 0 Å². The fourth-order valence-corrected chi connectivity index (χ4v) is 3.26. The standard InChI is InChI=1S/C30H38O7/c1-11-35-26-19(3)25(37-28(33)30(7,8)9)18(2)16-21(26)17-23(34-10)24(31)20-12-14-22(15-13-20)36-27(32)29(4,5)6/h12-17H,11H2,1-10H3. The molecule has 0 heterocycles. The van der Waals surface area contributed by atoms with Gasteiger partial charge in [-0.25, -0.2) is 0 Å². The summed E-state index contributed by atoms with van der Waals surface area (Å²) in [5.74, 6) is 0.312. The van der Waals surface area contributed by atoms with E-state index >= 15 is 0 Å². The van der Waals surface area contributed by atoms with Gasteiger partial charge in [-0.1, -0.05) is 0 Å². The Bertz CT molecular complexity index is 1190. The third-order valence-electron chi connectivity index (χ3n) is 5.44. The summed E-state index contributed by atoms with van der Waals surface area (Å²) in [6, 6.07) is 8.10. The van der Waals surface area contributed by atoms with Crippen molar-refractivity contribution in [3.8, 4) is 17.2 Å². The van der Waals surface area contributed by atoms with Gasteiger partial charge in [0.2, 0.25) is 5.78 Å². The second-order valence-electron chi connectivity index (χ2n) is 10.8. The number of Topliss-reactive ketones (excluding diaryl/α,β-unsaturated/α-hetero) is 1. The van der Waals surface area contributed by atoms with Crippen molar-refractivity contribution in [2.75, 3.05) is 13.7 Å². The molecule has 37 heavy (non-hydrogen) atoms. The second kappa shape index (κ2) is 11.6. The molecular weight excluding hydrogens is 472 g/mol. The molecule has 2 aromatic rings. The lowest BCUT2D eigenvalue weighted by molar-refractivity contribution is -0.143. The van der Waals surface area contributed by atoms with Crippen LogP contribution in [0.2, 0.25) is 0 Å². The monoisotopic (exact) mass is 510 g/mol. The van der Waals surface area contributed by atoms with Crippen molar-refractivity contribution in [1.29, 1.82) is 0 Å². The Morgan fingerprint density at radius 2 is 1.38 bits per heavy atom. The third-order valence-corrected chi connectivity index (χ3v) is 5.44. The molecule has 0 amide bonds. The molecule has 0 unspecified atom stereocenters. The maximum atomic E-state index is 13.2. The lowest BCUT2D eigenvalue weighted by Crippen LogP contribution is -2.26. The molecule has 0 aliphatic carbocycles. The van der Waals surface area contributed by atoms with E-state index in [9.17, 15) is 14.4 Å². The molecule has 200 valence electrons. The van der Waals surface area contributed by atoms with E-state index in [0.717, 1.165) is 5.56 Å². The molecule has 0 atom stereocenters. The van der Waals surface area contributed by atoms with Gasteiger partial charge in [-0.15, -0.1) is 0 Å². The van der Waals surface area contributed by atoms with Crippen LogP contribution in [0, 0.1) is 24.7 Å². The van der Waals surface area contributed by atoms with Crippen LogP contribution in [0.1, 0.15) is 75.5 Å². The smallest absolute Gasteiger partial charge is 0.316 e. The molecule has 0 aromatic heterocycles. The van der Waals surface area contributed by atoms with Gasteiger partial charge >= 0.3 is 11.9 Å². The predicted molar refractivity (Wildman–Crippen MR) is 143 cm³/mol. The number of hydrogen-bond acceptors (Lipinski definition) is 7. The van der Waals surface area contributed by atoms with Gasteiger partial charge in [-0.05, 0) is 104 Å². The number of methoxy groups -OCH3 is 1. The number of carbonyl (C=O) groups excluding carboxylic acids is 3. The van der Waals surface area contributed by atoms with Crippen LogP contribution in [-0.4, -0.2) is 31.4 Å². The second-order valence-corrected chi connectivity index (χ2v) is 10.8. The fourth-order valence-electron chi connectivity index (χ4n) is 3.26. The van der Waals surface area contributed by atoms with Crippen LogP contribution in [0.25, 0.3) is 6.08 Å². The van der Waals surface area contributed by atoms with Crippen LogP contribution >= 0.6 is 0 Å². The molecule has 0 aliphatic rings. The first-order valence-electron chi connectivity index (χ1n) is 12.2. The van der Waals surface area contributed by atoms with Crippen molar-refractivity contribution in [2.24, 2.45) is 10.8 Å². The molecule has 0 radical (unpaired) electrons. The number of benzene rings is 2. The summed E-state index contributed by atoms with van der Waals surface area (Å²) in [5.41, 5.74) is 1.05. The van der Waals surface area contributed by atoms with Crippen molar-refractivity contribution in [1.82, 2.24) is 0 Å². The molecule has 0 bridgehead atoms. The Hall–Kier alpha value is -3.61. The van der Waals surface area contributed by atoms with Crippen molar-refractivity contribution in [3.05, 3.63) is 58.3 Å². The summed E-state index contributed by atoms with van der Waals surface area (Å²) in [7, 11) is 1.42. The van der Waals surface area contributed by atoms with Crippen molar-refractivity contribution in [2.45, 2.75) is 62.3 Å². The largest absolute Gasteiger partial charge is 0.493 e. The number of ether oxygens (including phenoxy) is 4. The number of esters is 2. The van der Waals surface area contributed by atoms with E-state index in [1.807, 2.05) is 20.8 Å². The van der Waals surface area contributed by atoms with Crippen LogP contribution in [0.5, 0.6) is 17.2 Å². The maximum Gasteiger partial charge on any atom is 0.316 e. The molecule has 0 N–H and O–H groups in total. The van der Waals surface area contributed by atoms with E-state index in [2.05, 4.69) is 0 Å². The van der Waals surface area contributed by atoms with E-state index in [-0.39, 0.29) is 23.5 Å². The zero-order valence-electron chi connectivity index (χ0n) is 23.5. The fraction of sp³-hybridized carbons (Fsp3) is 0.433. The lowest BCUT2D eigenvalue weighted by Gasteiger charge is -2.21. The van der Waals surface area contributed by atoms with Gasteiger partial charge in [0.15, 0.2) is 5.76 Å². The quantitative estimate of drug-likeness (QED) is 0.132. The Balaban J connectivity index is 2.43. The average molecular weight is 511 g/mol. The first kappa shape index (κ1) is 29.6. The molecule has 0 spiro atoms. The topological polar surface area (TPSA) is 88.1 Å². The molecule has 2 rings (SSSR count). The van der Waals surface area contributed by atoms with Gasteiger partial charge in [0, 0.05) is 16.7 Å². The van der Waals surface area contributed by atoms with Gasteiger partial charge < -0.3 is 18.9 Å². The van der Waals surface area contributed by atoms with Gasteiger partial charge in [0.1, 0.15) is 17.2 Å². The van der Waals surface area contributed by atoms with Crippen LogP contribution in [0.3, 0.4) is 0 Å². The number of aryl methyl sites for hydroxylation is 1. The Labute approximate surface area is 219 Å². The number of ketones is 1. The Morgan fingerprint density at radius 1 is 0.838 bits per heavy atom. The van der Waals surface area contributed by atoms with Gasteiger partial charge in [-0.2, -0.15) is 0 Å². The summed E-state index contributed by atoms with van der Waals surface area (Å²) in [6.07, 6.45) is 1.61. The molecule has 0 fully saturated rings. The molecule has 2 aromatic carbocycles. The molecule has 0 saturated carbocycles. The summed E-state index contributed by atoms with van der Waals surface area (Å²) < 4.78 is 22.4. The van der Waals surface area contributed by atoms with E-state index in [4.69, 9.17) is 18.9 Å². The zero-order valence-corrected chi connectivity index (χ0v) is 23.5. The summed E-state index contributed by atoms with van der Waals surface area (Å²) in [4.78, 5) is 37.9. The third kappa shape index (κ3) is 7.44. The molecule has 7 nitrogen and oxygen atoms in total. The van der Waals surface area contributed by atoms with Crippen LogP contribution in [-0.2, 0) is 14.3 Å². The maximum absolute atomic E-state index is 13.2. The number of carbonyl (C=O) groups is 3. The Kier molecular flexibility index (Phi) is 9.31. The zero-order chi connectivity index (χ0) is 28.1. The summed E-state index contributed by atoms with van der Waals surface area (Å²) >= 11 is 0. The van der Waals surface area contributed by atoms with Crippen molar-refractivity contribution >= 4 is 23.8 Å². The van der Waals surface area contributed by atoms with E-state index < -0.39 is 10.8 Å². The van der Waals surface area contributed by atoms with Crippen molar-refractivity contribution in [3.63, 3.8) is 0 Å². The summed E-state index contributed by atoms with van der Waals surface area (Å²) in [5, 5.41) is 0. The Morgan fingerprint density at radius 3 is 1.86 bits per heavy atom. The van der Waals surface area contributed by atoms with Gasteiger partial charge in [0.05, 0.1) is 24.5 Å². The van der Waals surface area contributed by atoms with Crippen molar-refractivity contribution < 1.29 is 33.3 Å². The average Bonchev–Trinajstić information content (AvgIpc) is 2.81. The minimum atomic E-state index is -0.667. The lowest BCUT2D eigenvalue weighted by atomic mass is 9.97. The SMILES string of the molecule is CCOc1c(C=C(OC)C(=O)c2ccc(OC(=O)C(C)(C)C)cc2)cc(C)c(OC(=O)C(C)(C)C)c1C. The van der Waals surface area contributed by atoms with Crippen LogP contribution < -0.4 is 14.2 Å². The highest BCUT2D eigenvalue weighted by Gasteiger charge is 2.27. The predicted octanol–water partition coefficient (Wildman–Crippen LogP) is 6.48. The summed E-state index contributed by atoms with van der Waals surface area (Å²) in [6.45, 7) is 16.5. The normalized spacial score (nSPS) is 12.1. The van der Waals surface area contributed by atoms with Crippen LogP contribution in [0.15, 0.2) is 36.1 Å². The molecular formula is C30H38O7. The highest BCUT2D eigenvalue weighted by Crippen LogP contribution is 2.37. The van der Waals surface area contributed by atoms with E-state index in [1.165, 1.54) is 7.11 Å². The number of hydrogen-bond donors (Lipinski definition) is 0. The van der Waals surface area contributed by atoms with E-state index in [1.54, 1.807) is 78.0 Å². The first-order valence-corrected chi connectivity index (χ1v) is 12.2. The number of allylic oxidation sites excluding steroid dienone is 1. The number of rotatable bonds is 8. The molecule has 7 heteroatoms. The van der Waals surface area contributed by atoms with E-state index in [0.29, 0.717) is 40.5 Å². The molecule has 0 saturated heterocycles. The van der Waals surface area contributed by atoms with Gasteiger partial charge in [0.25, 0.3) is 0 Å². The first-order chi connectivity index (χ1) is 17.1. The highest BCUT2D eigenvalue weighted by molar-refractivity contribution is 6.10. The molecule has 0 aliphatic heterocycles. The minimum Gasteiger partial charge on any atom is -0.493 e. The highest BCUT2D eigenvalue weighted by atomic mass is 16.5.